The molecule has 3 aromatic rings. The average Bonchev–Trinajstić information content (AvgIpc) is 2.52. The van der Waals surface area contributed by atoms with E-state index >= 15 is 0 Å². The Hall–Kier alpha value is -2.68. The van der Waals surface area contributed by atoms with Gasteiger partial charge in [0.15, 0.2) is 0 Å². The molecule has 3 heteroatoms. The van der Waals surface area contributed by atoms with Gasteiger partial charge in [0.25, 0.3) is 5.56 Å². The second kappa shape index (κ2) is 5.75. The third kappa shape index (κ3) is 3.08. The van der Waals surface area contributed by atoms with E-state index in [2.05, 4.69) is 5.10 Å². The zero-order valence-corrected chi connectivity index (χ0v) is 11.9. The lowest BCUT2D eigenvalue weighted by Crippen LogP contribution is -2.22. The first-order chi connectivity index (χ1) is 10.2. The van der Waals surface area contributed by atoms with Gasteiger partial charge in [-0.05, 0) is 18.6 Å². The monoisotopic (exact) mass is 276 g/mol. The van der Waals surface area contributed by atoms with Crippen molar-refractivity contribution < 1.29 is 0 Å². The van der Waals surface area contributed by atoms with Gasteiger partial charge in [-0.1, -0.05) is 60.2 Å². The van der Waals surface area contributed by atoms with E-state index in [1.54, 1.807) is 12.1 Å². The number of hydrogen-bond acceptors (Lipinski definition) is 2. The van der Waals surface area contributed by atoms with Crippen LogP contribution < -0.4 is 5.56 Å². The minimum absolute atomic E-state index is 0.0877. The standard InChI is InChI=1S/C18H16N2O/c1-14-7-9-15(10-8-14)13-20-18(21)12-11-17(19-20)16-5-3-2-4-6-16/h2-12H,13H2,1H3. The number of aryl methyl sites for hydroxylation is 1. The Kier molecular flexibility index (Phi) is 3.65. The molecule has 2 aromatic carbocycles. The summed E-state index contributed by atoms with van der Waals surface area (Å²) >= 11 is 0. The highest BCUT2D eigenvalue weighted by molar-refractivity contribution is 5.57. The third-order valence-electron chi connectivity index (χ3n) is 3.39. The summed E-state index contributed by atoms with van der Waals surface area (Å²) in [5.41, 5.74) is 4.00. The Morgan fingerprint density at radius 1 is 0.905 bits per heavy atom. The van der Waals surface area contributed by atoms with E-state index in [1.165, 1.54) is 10.2 Å². The zero-order chi connectivity index (χ0) is 14.7. The van der Waals surface area contributed by atoms with Gasteiger partial charge >= 0.3 is 0 Å². The second-order valence-electron chi connectivity index (χ2n) is 5.07. The Morgan fingerprint density at radius 3 is 2.33 bits per heavy atom. The predicted octanol–water partition coefficient (Wildman–Crippen LogP) is 3.27. The van der Waals surface area contributed by atoms with Crippen molar-refractivity contribution in [3.63, 3.8) is 0 Å². The van der Waals surface area contributed by atoms with Crippen molar-refractivity contribution >= 4 is 0 Å². The molecule has 0 bridgehead atoms. The van der Waals surface area contributed by atoms with Crippen LogP contribution in [0, 0.1) is 6.92 Å². The lowest BCUT2D eigenvalue weighted by Gasteiger charge is -2.07. The van der Waals surface area contributed by atoms with E-state index in [0.717, 1.165) is 16.8 Å². The maximum atomic E-state index is 12.0. The van der Waals surface area contributed by atoms with Crippen molar-refractivity contribution in [3.05, 3.63) is 88.2 Å². The SMILES string of the molecule is Cc1ccc(Cn2nc(-c3ccccc3)ccc2=O)cc1. The highest BCUT2D eigenvalue weighted by Crippen LogP contribution is 2.14. The minimum atomic E-state index is -0.0877. The Bertz CT molecular complexity index is 789. The van der Waals surface area contributed by atoms with Gasteiger partial charge < -0.3 is 0 Å². The van der Waals surface area contributed by atoms with Gasteiger partial charge in [-0.2, -0.15) is 5.10 Å². The molecule has 0 N–H and O–H groups in total. The van der Waals surface area contributed by atoms with Gasteiger partial charge in [0.1, 0.15) is 0 Å². The maximum Gasteiger partial charge on any atom is 0.267 e. The topological polar surface area (TPSA) is 34.9 Å². The van der Waals surface area contributed by atoms with Crippen molar-refractivity contribution in [2.24, 2.45) is 0 Å². The second-order valence-corrected chi connectivity index (χ2v) is 5.07. The molecule has 0 spiro atoms. The summed E-state index contributed by atoms with van der Waals surface area (Å²) < 4.78 is 1.51. The molecular weight excluding hydrogens is 260 g/mol. The molecule has 0 aliphatic rings. The van der Waals surface area contributed by atoms with Crippen molar-refractivity contribution in [1.82, 2.24) is 9.78 Å². The lowest BCUT2D eigenvalue weighted by atomic mass is 10.1. The summed E-state index contributed by atoms with van der Waals surface area (Å²) in [6, 6.07) is 21.4. The fourth-order valence-electron chi connectivity index (χ4n) is 2.19. The first-order valence-corrected chi connectivity index (χ1v) is 6.91. The van der Waals surface area contributed by atoms with Crippen LogP contribution in [0.2, 0.25) is 0 Å². The van der Waals surface area contributed by atoms with Crippen LogP contribution >= 0.6 is 0 Å². The quantitative estimate of drug-likeness (QED) is 0.736. The smallest absolute Gasteiger partial charge is 0.267 e. The molecule has 0 aliphatic heterocycles. The molecule has 0 unspecified atom stereocenters. The van der Waals surface area contributed by atoms with Crippen molar-refractivity contribution in [1.29, 1.82) is 0 Å². The van der Waals surface area contributed by atoms with Gasteiger partial charge in [0, 0.05) is 11.6 Å². The van der Waals surface area contributed by atoms with Crippen LogP contribution in [-0.2, 0) is 6.54 Å². The molecule has 0 saturated heterocycles. The minimum Gasteiger partial charge on any atom is -0.268 e. The summed E-state index contributed by atoms with van der Waals surface area (Å²) in [6.07, 6.45) is 0. The maximum absolute atomic E-state index is 12.0. The summed E-state index contributed by atoms with van der Waals surface area (Å²) in [6.45, 7) is 2.53. The predicted molar refractivity (Wildman–Crippen MR) is 84.2 cm³/mol. The molecule has 21 heavy (non-hydrogen) atoms. The Balaban J connectivity index is 1.95. The highest BCUT2D eigenvalue weighted by Gasteiger charge is 2.04. The normalized spacial score (nSPS) is 10.5. The number of nitrogens with zero attached hydrogens (tertiary/aromatic N) is 2. The molecule has 3 rings (SSSR count). The van der Waals surface area contributed by atoms with Crippen LogP contribution in [-0.4, -0.2) is 9.78 Å². The Labute approximate surface area is 123 Å². The van der Waals surface area contributed by atoms with Gasteiger partial charge in [-0.15, -0.1) is 0 Å². The van der Waals surface area contributed by atoms with E-state index in [-0.39, 0.29) is 5.56 Å². The molecule has 104 valence electrons. The van der Waals surface area contributed by atoms with E-state index in [0.29, 0.717) is 6.54 Å². The summed E-state index contributed by atoms with van der Waals surface area (Å²) in [5.74, 6) is 0. The summed E-state index contributed by atoms with van der Waals surface area (Å²) in [7, 11) is 0. The van der Waals surface area contributed by atoms with Crippen LogP contribution in [0.4, 0.5) is 0 Å². The molecule has 0 aliphatic carbocycles. The van der Waals surface area contributed by atoms with Gasteiger partial charge in [-0.25, -0.2) is 4.68 Å². The van der Waals surface area contributed by atoms with E-state index in [1.807, 2.05) is 61.5 Å². The van der Waals surface area contributed by atoms with Crippen molar-refractivity contribution in [2.45, 2.75) is 13.5 Å². The van der Waals surface area contributed by atoms with E-state index in [4.69, 9.17) is 0 Å². The van der Waals surface area contributed by atoms with Gasteiger partial charge in [0.2, 0.25) is 0 Å². The zero-order valence-electron chi connectivity index (χ0n) is 11.9. The van der Waals surface area contributed by atoms with Crippen LogP contribution in [0.25, 0.3) is 11.3 Å². The number of hydrogen-bond donors (Lipinski definition) is 0. The summed E-state index contributed by atoms with van der Waals surface area (Å²) in [5, 5.41) is 4.46. The molecule has 3 nitrogen and oxygen atoms in total. The first kappa shape index (κ1) is 13.3. The number of aromatic nitrogens is 2. The van der Waals surface area contributed by atoms with Gasteiger partial charge in [-0.3, -0.25) is 4.79 Å². The molecule has 1 heterocycles. The third-order valence-corrected chi connectivity index (χ3v) is 3.39. The first-order valence-electron chi connectivity index (χ1n) is 6.91. The number of rotatable bonds is 3. The molecule has 0 saturated carbocycles. The van der Waals surface area contributed by atoms with Crippen LogP contribution in [0.5, 0.6) is 0 Å². The van der Waals surface area contributed by atoms with Crippen molar-refractivity contribution in [3.8, 4) is 11.3 Å². The fourth-order valence-corrected chi connectivity index (χ4v) is 2.19. The van der Waals surface area contributed by atoms with E-state index < -0.39 is 0 Å². The van der Waals surface area contributed by atoms with E-state index in [9.17, 15) is 4.79 Å². The lowest BCUT2D eigenvalue weighted by molar-refractivity contribution is 0.642. The molecule has 0 radical (unpaired) electrons. The average molecular weight is 276 g/mol. The van der Waals surface area contributed by atoms with Gasteiger partial charge in [0.05, 0.1) is 12.2 Å². The highest BCUT2D eigenvalue weighted by atomic mass is 16.1. The van der Waals surface area contributed by atoms with Crippen LogP contribution in [0.3, 0.4) is 0 Å². The Morgan fingerprint density at radius 2 is 1.62 bits per heavy atom. The number of benzene rings is 2. The largest absolute Gasteiger partial charge is 0.268 e. The summed E-state index contributed by atoms with van der Waals surface area (Å²) in [4.78, 5) is 12.0. The molecule has 0 atom stereocenters. The molecule has 1 aromatic heterocycles. The molecule has 0 fully saturated rings. The van der Waals surface area contributed by atoms with Crippen LogP contribution in [0.1, 0.15) is 11.1 Å². The molecule has 0 amide bonds. The fraction of sp³-hybridized carbons (Fsp3) is 0.111. The van der Waals surface area contributed by atoms with Crippen molar-refractivity contribution in [2.75, 3.05) is 0 Å². The van der Waals surface area contributed by atoms with Crippen LogP contribution in [0.15, 0.2) is 71.5 Å². The molecular formula is C18H16N2O.